The molecule has 0 saturated carbocycles. The lowest BCUT2D eigenvalue weighted by atomic mass is 9.99. The molecule has 3 aromatic rings. The van der Waals surface area contributed by atoms with Gasteiger partial charge in [0.15, 0.2) is 0 Å². The Morgan fingerprint density at radius 1 is 1.04 bits per heavy atom. The highest BCUT2D eigenvalue weighted by Crippen LogP contribution is 2.25. The summed E-state index contributed by atoms with van der Waals surface area (Å²) in [6, 6.07) is 20.2. The number of benzene rings is 2. The van der Waals surface area contributed by atoms with Gasteiger partial charge in [-0.05, 0) is 60.2 Å². The van der Waals surface area contributed by atoms with E-state index < -0.39 is 0 Å². The first-order valence-electron chi connectivity index (χ1n) is 8.96. The van der Waals surface area contributed by atoms with Gasteiger partial charge in [-0.25, -0.2) is 4.98 Å². The lowest BCUT2D eigenvalue weighted by Crippen LogP contribution is -2.30. The lowest BCUT2D eigenvalue weighted by Gasteiger charge is -2.30. The number of nitrogens with one attached hydrogen (secondary N) is 1. The van der Waals surface area contributed by atoms with Gasteiger partial charge in [-0.3, -0.25) is 4.79 Å². The molecule has 1 aliphatic heterocycles. The largest absolute Gasteiger partial charge is 0.367 e. The van der Waals surface area contributed by atoms with Crippen LogP contribution in [0.4, 0.5) is 11.4 Å². The zero-order chi connectivity index (χ0) is 18.6. The van der Waals surface area contributed by atoms with Crippen LogP contribution < -0.4 is 10.2 Å². The Bertz CT molecular complexity index is 939. The summed E-state index contributed by atoms with van der Waals surface area (Å²) in [5.41, 5.74) is 5.31. The van der Waals surface area contributed by atoms with Crippen molar-refractivity contribution in [3.63, 3.8) is 0 Å². The van der Waals surface area contributed by atoms with Gasteiger partial charge in [0.2, 0.25) is 0 Å². The van der Waals surface area contributed by atoms with E-state index in [0.29, 0.717) is 11.3 Å². The van der Waals surface area contributed by atoms with Gasteiger partial charge in [0.05, 0.1) is 16.9 Å². The lowest BCUT2D eigenvalue weighted by molar-refractivity contribution is 0.102. The first-order chi connectivity index (χ1) is 13.2. The molecule has 4 nitrogen and oxygen atoms in total. The van der Waals surface area contributed by atoms with Gasteiger partial charge in [-0.15, -0.1) is 11.8 Å². The summed E-state index contributed by atoms with van der Waals surface area (Å²) in [6.45, 7) is 1.91. The van der Waals surface area contributed by atoms with Gasteiger partial charge in [0, 0.05) is 24.3 Å². The zero-order valence-electron chi connectivity index (χ0n) is 15.2. The standard InChI is InChI=1S/C22H21N3OS/c1-27-21-11-8-19(14-23-21)24-22(26)17-6-9-20(10-7-17)25-13-12-16-4-2-3-5-18(16)15-25/h2-11,14H,12-13,15H2,1H3,(H,24,26). The molecule has 27 heavy (non-hydrogen) atoms. The van der Waals surface area contributed by atoms with Crippen LogP contribution in [0.1, 0.15) is 21.5 Å². The number of carbonyl (C=O) groups excluding carboxylic acids is 1. The molecule has 0 bridgehead atoms. The van der Waals surface area contributed by atoms with Crippen molar-refractivity contribution in [2.45, 2.75) is 18.0 Å². The molecule has 0 spiro atoms. The molecule has 0 radical (unpaired) electrons. The Balaban J connectivity index is 1.43. The Morgan fingerprint density at radius 2 is 1.81 bits per heavy atom. The summed E-state index contributed by atoms with van der Waals surface area (Å²) in [5.74, 6) is -0.121. The van der Waals surface area contributed by atoms with Crippen LogP contribution in [-0.2, 0) is 13.0 Å². The average molecular weight is 375 g/mol. The predicted octanol–water partition coefficient (Wildman–Crippen LogP) is 4.62. The number of rotatable bonds is 4. The summed E-state index contributed by atoms with van der Waals surface area (Å²) in [4.78, 5) is 19.1. The average Bonchev–Trinajstić information content (AvgIpc) is 2.74. The van der Waals surface area contributed by atoms with Crippen molar-refractivity contribution in [1.82, 2.24) is 4.98 Å². The number of hydrogen-bond acceptors (Lipinski definition) is 4. The second kappa shape index (κ2) is 7.84. The van der Waals surface area contributed by atoms with Crippen LogP contribution in [0.2, 0.25) is 0 Å². The van der Waals surface area contributed by atoms with E-state index in [0.717, 1.165) is 30.2 Å². The number of aromatic nitrogens is 1. The van der Waals surface area contributed by atoms with Crippen LogP contribution in [0.3, 0.4) is 0 Å². The molecule has 4 rings (SSSR count). The number of nitrogens with zero attached hydrogens (tertiary/aromatic N) is 2. The topological polar surface area (TPSA) is 45.2 Å². The van der Waals surface area contributed by atoms with E-state index in [1.807, 2.05) is 42.7 Å². The Hall–Kier alpha value is -2.79. The van der Waals surface area contributed by atoms with Crippen molar-refractivity contribution >= 4 is 29.0 Å². The molecule has 1 aromatic heterocycles. The minimum Gasteiger partial charge on any atom is -0.367 e. The third-order valence-corrected chi connectivity index (χ3v) is 5.49. The van der Waals surface area contributed by atoms with Crippen molar-refractivity contribution in [1.29, 1.82) is 0 Å². The molecule has 0 atom stereocenters. The number of pyridine rings is 1. The van der Waals surface area contributed by atoms with E-state index in [1.165, 1.54) is 11.1 Å². The summed E-state index contributed by atoms with van der Waals surface area (Å²) in [6.07, 6.45) is 4.71. The third-order valence-electron chi connectivity index (χ3n) is 4.83. The summed E-state index contributed by atoms with van der Waals surface area (Å²) >= 11 is 1.58. The summed E-state index contributed by atoms with van der Waals surface area (Å²) < 4.78 is 0. The van der Waals surface area contributed by atoms with E-state index in [4.69, 9.17) is 0 Å². The number of hydrogen-bond donors (Lipinski definition) is 1. The highest BCUT2D eigenvalue weighted by atomic mass is 32.2. The molecular formula is C22H21N3OS. The second-order valence-corrected chi connectivity index (χ2v) is 7.36. The molecule has 1 aliphatic rings. The predicted molar refractivity (Wildman–Crippen MR) is 112 cm³/mol. The number of anilines is 2. The molecule has 0 saturated heterocycles. The van der Waals surface area contributed by atoms with Crippen molar-refractivity contribution in [3.8, 4) is 0 Å². The molecule has 0 fully saturated rings. The molecule has 0 unspecified atom stereocenters. The maximum Gasteiger partial charge on any atom is 0.255 e. The van der Waals surface area contributed by atoms with E-state index in [1.54, 1.807) is 18.0 Å². The molecule has 2 heterocycles. The van der Waals surface area contributed by atoms with Gasteiger partial charge in [0.25, 0.3) is 5.91 Å². The Labute approximate surface area is 163 Å². The second-order valence-electron chi connectivity index (χ2n) is 6.53. The molecule has 5 heteroatoms. The molecule has 2 aromatic carbocycles. The SMILES string of the molecule is CSc1ccc(NC(=O)c2ccc(N3CCc4ccccc4C3)cc2)cn1. The van der Waals surface area contributed by atoms with Crippen molar-refractivity contribution in [3.05, 3.63) is 83.6 Å². The van der Waals surface area contributed by atoms with Crippen LogP contribution in [0, 0.1) is 0 Å². The maximum absolute atomic E-state index is 12.5. The van der Waals surface area contributed by atoms with Gasteiger partial charge in [-0.1, -0.05) is 24.3 Å². The van der Waals surface area contributed by atoms with Crippen molar-refractivity contribution in [2.24, 2.45) is 0 Å². The molecule has 0 aliphatic carbocycles. The van der Waals surface area contributed by atoms with Gasteiger partial charge in [0.1, 0.15) is 0 Å². The minimum atomic E-state index is -0.121. The fourth-order valence-electron chi connectivity index (χ4n) is 3.32. The zero-order valence-corrected chi connectivity index (χ0v) is 16.0. The molecular weight excluding hydrogens is 354 g/mol. The van der Waals surface area contributed by atoms with Crippen molar-refractivity contribution < 1.29 is 4.79 Å². The van der Waals surface area contributed by atoms with Gasteiger partial charge >= 0.3 is 0 Å². The van der Waals surface area contributed by atoms with E-state index in [-0.39, 0.29) is 5.91 Å². The van der Waals surface area contributed by atoms with Crippen LogP contribution >= 0.6 is 11.8 Å². The van der Waals surface area contributed by atoms with Crippen LogP contribution in [0.25, 0.3) is 0 Å². The normalized spacial score (nSPS) is 13.1. The fourth-order valence-corrected chi connectivity index (χ4v) is 3.68. The first kappa shape index (κ1) is 17.6. The van der Waals surface area contributed by atoms with Crippen LogP contribution in [0.15, 0.2) is 71.9 Å². The molecule has 1 amide bonds. The van der Waals surface area contributed by atoms with Crippen molar-refractivity contribution in [2.75, 3.05) is 23.0 Å². The Kier molecular flexibility index (Phi) is 5.12. The number of thioether (sulfide) groups is 1. The highest BCUT2D eigenvalue weighted by molar-refractivity contribution is 7.98. The Morgan fingerprint density at radius 3 is 2.52 bits per heavy atom. The monoisotopic (exact) mass is 375 g/mol. The van der Waals surface area contributed by atoms with Gasteiger partial charge in [-0.2, -0.15) is 0 Å². The summed E-state index contributed by atoms with van der Waals surface area (Å²) in [5, 5.41) is 3.83. The van der Waals surface area contributed by atoms with Crippen LogP contribution in [0.5, 0.6) is 0 Å². The number of amides is 1. The number of fused-ring (bicyclic) bond motifs is 1. The quantitative estimate of drug-likeness (QED) is 0.676. The summed E-state index contributed by atoms with van der Waals surface area (Å²) in [7, 11) is 0. The van der Waals surface area contributed by atoms with E-state index >= 15 is 0 Å². The van der Waals surface area contributed by atoms with E-state index in [2.05, 4.69) is 39.5 Å². The molecule has 136 valence electrons. The smallest absolute Gasteiger partial charge is 0.255 e. The molecule has 1 N–H and O–H groups in total. The fraction of sp³-hybridized carbons (Fsp3) is 0.182. The van der Waals surface area contributed by atoms with E-state index in [9.17, 15) is 4.79 Å². The minimum absolute atomic E-state index is 0.121. The van der Waals surface area contributed by atoms with Crippen LogP contribution in [-0.4, -0.2) is 23.7 Å². The first-order valence-corrected chi connectivity index (χ1v) is 10.2. The number of carbonyl (C=O) groups is 1. The maximum atomic E-state index is 12.5. The van der Waals surface area contributed by atoms with Gasteiger partial charge < -0.3 is 10.2 Å². The third kappa shape index (κ3) is 3.98. The highest BCUT2D eigenvalue weighted by Gasteiger charge is 2.16.